The largest absolute Gasteiger partial charge is 0.348 e. The van der Waals surface area contributed by atoms with Gasteiger partial charge in [-0.3, -0.25) is 10.1 Å². The summed E-state index contributed by atoms with van der Waals surface area (Å²) in [6.45, 7) is 4.74. The van der Waals surface area contributed by atoms with Crippen molar-refractivity contribution in [1.82, 2.24) is 10.6 Å². The van der Waals surface area contributed by atoms with Crippen molar-refractivity contribution < 1.29 is 4.79 Å². The first-order valence-electron chi connectivity index (χ1n) is 6.23. The van der Waals surface area contributed by atoms with Gasteiger partial charge in [0.25, 0.3) is 0 Å². The molecular formula is C15H19ClN2O. The summed E-state index contributed by atoms with van der Waals surface area (Å²) in [5.41, 5.74) is 1.05. The lowest BCUT2D eigenvalue weighted by Crippen LogP contribution is -2.38. The van der Waals surface area contributed by atoms with Crippen LogP contribution in [-0.4, -0.2) is 19.0 Å². The molecule has 1 aromatic carbocycles. The van der Waals surface area contributed by atoms with Gasteiger partial charge in [-0.25, -0.2) is 0 Å². The highest BCUT2D eigenvalue weighted by Gasteiger charge is 2.17. The van der Waals surface area contributed by atoms with Crippen LogP contribution in [0.2, 0.25) is 5.02 Å². The van der Waals surface area contributed by atoms with Crippen LogP contribution in [0.3, 0.4) is 0 Å². The van der Waals surface area contributed by atoms with Crippen LogP contribution in [0, 0.1) is 18.3 Å². The van der Waals surface area contributed by atoms with Crippen LogP contribution in [0.25, 0.3) is 0 Å². The lowest BCUT2D eigenvalue weighted by atomic mass is 9.96. The van der Waals surface area contributed by atoms with Gasteiger partial charge in [0.05, 0.1) is 19.1 Å². The molecule has 1 atom stereocenters. The molecular weight excluding hydrogens is 260 g/mol. The summed E-state index contributed by atoms with van der Waals surface area (Å²) in [7, 11) is 0. The van der Waals surface area contributed by atoms with E-state index in [0.717, 1.165) is 5.56 Å². The van der Waals surface area contributed by atoms with Crippen LogP contribution < -0.4 is 10.6 Å². The molecule has 3 nitrogen and oxygen atoms in total. The maximum Gasteiger partial charge on any atom is 0.234 e. The second kappa shape index (κ2) is 7.83. The number of amides is 1. The van der Waals surface area contributed by atoms with Gasteiger partial charge < -0.3 is 5.32 Å². The van der Waals surface area contributed by atoms with E-state index >= 15 is 0 Å². The normalized spacial score (nSPS) is 11.9. The second-order valence-electron chi connectivity index (χ2n) is 4.65. The summed E-state index contributed by atoms with van der Waals surface area (Å²) < 4.78 is 0. The Kier molecular flexibility index (Phi) is 6.41. The SMILES string of the molecule is C#CCNCC(=O)NC(c1ccc(Cl)cc1)C(C)C. The summed E-state index contributed by atoms with van der Waals surface area (Å²) >= 11 is 5.87. The molecule has 2 N–H and O–H groups in total. The van der Waals surface area contributed by atoms with Crippen LogP contribution in [-0.2, 0) is 4.79 Å². The Morgan fingerprint density at radius 1 is 1.37 bits per heavy atom. The first-order valence-corrected chi connectivity index (χ1v) is 6.61. The highest BCUT2D eigenvalue weighted by atomic mass is 35.5. The number of carbonyl (C=O) groups excluding carboxylic acids is 1. The highest BCUT2D eigenvalue weighted by molar-refractivity contribution is 6.30. The molecule has 0 aliphatic heterocycles. The Bertz CT molecular complexity index is 448. The minimum absolute atomic E-state index is 0.0302. The molecule has 0 aromatic heterocycles. The molecule has 1 unspecified atom stereocenters. The van der Waals surface area contributed by atoms with Gasteiger partial charge in [0.15, 0.2) is 0 Å². The molecule has 0 spiro atoms. The van der Waals surface area contributed by atoms with Crippen LogP contribution in [0.15, 0.2) is 24.3 Å². The molecule has 1 rings (SSSR count). The molecule has 0 radical (unpaired) electrons. The molecule has 102 valence electrons. The van der Waals surface area contributed by atoms with Gasteiger partial charge in [-0.1, -0.05) is 43.5 Å². The van der Waals surface area contributed by atoms with Gasteiger partial charge in [-0.2, -0.15) is 0 Å². The molecule has 0 bridgehead atoms. The van der Waals surface area contributed by atoms with Crippen molar-refractivity contribution in [3.8, 4) is 12.3 Å². The van der Waals surface area contributed by atoms with Crippen LogP contribution in [0.1, 0.15) is 25.5 Å². The van der Waals surface area contributed by atoms with E-state index in [2.05, 4.69) is 30.4 Å². The third-order valence-electron chi connectivity index (χ3n) is 2.72. The zero-order chi connectivity index (χ0) is 14.3. The number of hydrogen-bond donors (Lipinski definition) is 2. The van der Waals surface area contributed by atoms with Gasteiger partial charge >= 0.3 is 0 Å². The fraction of sp³-hybridized carbons (Fsp3) is 0.400. The summed E-state index contributed by atoms with van der Waals surface area (Å²) in [4.78, 5) is 11.8. The lowest BCUT2D eigenvalue weighted by molar-refractivity contribution is -0.121. The van der Waals surface area contributed by atoms with E-state index in [0.29, 0.717) is 11.6 Å². The molecule has 0 aliphatic carbocycles. The number of nitrogens with one attached hydrogen (secondary N) is 2. The first kappa shape index (κ1) is 15.6. The number of halogens is 1. The molecule has 19 heavy (non-hydrogen) atoms. The van der Waals surface area contributed by atoms with Crippen molar-refractivity contribution in [2.75, 3.05) is 13.1 Å². The average molecular weight is 279 g/mol. The first-order chi connectivity index (χ1) is 9.04. The summed E-state index contributed by atoms with van der Waals surface area (Å²) in [6, 6.07) is 7.49. The molecule has 0 saturated carbocycles. The van der Waals surface area contributed by atoms with Gasteiger partial charge in [0, 0.05) is 5.02 Å². The van der Waals surface area contributed by atoms with E-state index in [4.69, 9.17) is 18.0 Å². The van der Waals surface area contributed by atoms with Crippen molar-refractivity contribution in [3.05, 3.63) is 34.9 Å². The van der Waals surface area contributed by atoms with Gasteiger partial charge in [-0.05, 0) is 23.6 Å². The quantitative estimate of drug-likeness (QED) is 0.620. The number of hydrogen-bond acceptors (Lipinski definition) is 2. The lowest BCUT2D eigenvalue weighted by Gasteiger charge is -2.23. The third-order valence-corrected chi connectivity index (χ3v) is 2.98. The van der Waals surface area contributed by atoms with E-state index in [9.17, 15) is 4.79 Å². The van der Waals surface area contributed by atoms with Crippen molar-refractivity contribution >= 4 is 17.5 Å². The maximum absolute atomic E-state index is 11.8. The summed E-state index contributed by atoms with van der Waals surface area (Å²) in [5.74, 6) is 2.66. The van der Waals surface area contributed by atoms with Crippen LogP contribution in [0.4, 0.5) is 0 Å². The Morgan fingerprint density at radius 3 is 2.53 bits per heavy atom. The third kappa shape index (κ3) is 5.34. The fourth-order valence-corrected chi connectivity index (χ4v) is 1.90. The van der Waals surface area contributed by atoms with E-state index in [1.165, 1.54) is 0 Å². The topological polar surface area (TPSA) is 41.1 Å². The van der Waals surface area contributed by atoms with Gasteiger partial charge in [0.2, 0.25) is 5.91 Å². The van der Waals surface area contributed by atoms with Crippen molar-refractivity contribution in [1.29, 1.82) is 0 Å². The molecule has 0 aliphatic rings. The van der Waals surface area contributed by atoms with Gasteiger partial charge in [0.1, 0.15) is 0 Å². The number of terminal acetylenes is 1. The fourth-order valence-electron chi connectivity index (χ4n) is 1.78. The standard InChI is InChI=1S/C15H19ClN2O/c1-4-9-17-10-14(19)18-15(11(2)3)12-5-7-13(16)8-6-12/h1,5-8,11,15,17H,9-10H2,2-3H3,(H,18,19). The molecule has 0 fully saturated rings. The van der Waals surface area contributed by atoms with E-state index in [1.807, 2.05) is 24.3 Å². The minimum atomic E-state index is -0.0658. The molecule has 0 saturated heterocycles. The van der Waals surface area contributed by atoms with E-state index < -0.39 is 0 Å². The van der Waals surface area contributed by atoms with E-state index in [1.54, 1.807) is 0 Å². The monoisotopic (exact) mass is 278 g/mol. The molecule has 1 amide bonds. The molecule has 4 heteroatoms. The Hall–Kier alpha value is -1.50. The highest BCUT2D eigenvalue weighted by Crippen LogP contribution is 2.23. The van der Waals surface area contributed by atoms with Crippen molar-refractivity contribution in [2.45, 2.75) is 19.9 Å². The zero-order valence-electron chi connectivity index (χ0n) is 11.2. The predicted octanol–water partition coefficient (Wildman–Crippen LogP) is 2.38. The number of carbonyl (C=O) groups is 1. The molecule has 1 aromatic rings. The average Bonchev–Trinajstić information content (AvgIpc) is 2.37. The molecule has 0 heterocycles. The Labute approximate surface area is 119 Å². The van der Waals surface area contributed by atoms with Gasteiger partial charge in [-0.15, -0.1) is 6.42 Å². The van der Waals surface area contributed by atoms with E-state index in [-0.39, 0.29) is 24.4 Å². The maximum atomic E-state index is 11.8. The van der Waals surface area contributed by atoms with Crippen molar-refractivity contribution in [2.24, 2.45) is 5.92 Å². The number of rotatable bonds is 6. The van der Waals surface area contributed by atoms with Crippen LogP contribution in [0.5, 0.6) is 0 Å². The Morgan fingerprint density at radius 2 is 2.00 bits per heavy atom. The van der Waals surface area contributed by atoms with Crippen molar-refractivity contribution in [3.63, 3.8) is 0 Å². The second-order valence-corrected chi connectivity index (χ2v) is 5.08. The minimum Gasteiger partial charge on any atom is -0.348 e. The summed E-state index contributed by atoms with van der Waals surface area (Å²) in [6.07, 6.45) is 5.11. The summed E-state index contributed by atoms with van der Waals surface area (Å²) in [5, 5.41) is 6.56. The van der Waals surface area contributed by atoms with Crippen LogP contribution >= 0.6 is 11.6 Å². The number of benzene rings is 1. The smallest absolute Gasteiger partial charge is 0.234 e. The predicted molar refractivity (Wildman–Crippen MR) is 78.9 cm³/mol. The Balaban J connectivity index is 2.66. The zero-order valence-corrected chi connectivity index (χ0v) is 12.0.